The van der Waals surface area contributed by atoms with E-state index in [1.807, 2.05) is 0 Å². The van der Waals surface area contributed by atoms with Crippen molar-refractivity contribution in [1.29, 1.82) is 0 Å². The zero-order valence-corrected chi connectivity index (χ0v) is 13.5. The number of methoxy groups -OCH3 is 1. The minimum absolute atomic E-state index is 0.0567. The molecule has 1 aromatic rings. The smallest absolute Gasteiger partial charge is 0.349 e. The Kier molecular flexibility index (Phi) is 4.22. The average molecular weight is 317 g/mol. The van der Waals surface area contributed by atoms with Gasteiger partial charge in [-0.15, -0.1) is 11.3 Å². The van der Waals surface area contributed by atoms with Crippen LogP contribution in [0.4, 0.5) is 0 Å². The Morgan fingerprint density at radius 3 is 2.65 bits per heavy atom. The number of aryl methyl sites for hydroxylation is 1. The molecule has 20 heavy (non-hydrogen) atoms. The van der Waals surface area contributed by atoms with E-state index in [-0.39, 0.29) is 15.2 Å². The summed E-state index contributed by atoms with van der Waals surface area (Å²) >= 11 is 1.10. The first kappa shape index (κ1) is 15.5. The highest BCUT2D eigenvalue weighted by molar-refractivity contribution is 7.89. The van der Waals surface area contributed by atoms with Gasteiger partial charge in [-0.25, -0.2) is 17.9 Å². The summed E-state index contributed by atoms with van der Waals surface area (Å²) in [6.07, 6.45) is 3.07. The Labute approximate surface area is 123 Å². The molecule has 5 nitrogen and oxygen atoms in total. The van der Waals surface area contributed by atoms with Crippen molar-refractivity contribution in [2.75, 3.05) is 13.7 Å². The fourth-order valence-corrected chi connectivity index (χ4v) is 5.01. The molecule has 1 saturated carbocycles. The third kappa shape index (κ3) is 2.89. The Hall–Kier alpha value is -0.920. The first-order chi connectivity index (χ1) is 9.35. The molecule has 1 N–H and O–H groups in total. The molecule has 112 valence electrons. The number of sulfonamides is 1. The van der Waals surface area contributed by atoms with E-state index in [1.54, 1.807) is 12.3 Å². The van der Waals surface area contributed by atoms with Gasteiger partial charge in [0.2, 0.25) is 10.0 Å². The summed E-state index contributed by atoms with van der Waals surface area (Å²) in [6.45, 7) is 4.18. The maximum absolute atomic E-state index is 12.4. The summed E-state index contributed by atoms with van der Waals surface area (Å²) in [4.78, 5) is 11.9. The van der Waals surface area contributed by atoms with E-state index in [9.17, 15) is 13.2 Å². The SMILES string of the molecule is CCC1(CNS(=O)(=O)c2c(C)csc2C(=O)OC)CC1. The van der Waals surface area contributed by atoms with Gasteiger partial charge in [0.15, 0.2) is 0 Å². The van der Waals surface area contributed by atoms with E-state index >= 15 is 0 Å². The Balaban J connectivity index is 2.25. The van der Waals surface area contributed by atoms with Gasteiger partial charge in [-0.1, -0.05) is 6.92 Å². The third-order valence-electron chi connectivity index (χ3n) is 3.90. The van der Waals surface area contributed by atoms with E-state index in [0.717, 1.165) is 30.6 Å². The lowest BCUT2D eigenvalue weighted by atomic mass is 10.1. The third-order valence-corrected chi connectivity index (χ3v) is 6.70. The van der Waals surface area contributed by atoms with Crippen LogP contribution in [0.25, 0.3) is 0 Å². The molecule has 1 aromatic heterocycles. The molecule has 0 atom stereocenters. The zero-order chi connectivity index (χ0) is 15.0. The van der Waals surface area contributed by atoms with Crippen LogP contribution in [-0.2, 0) is 14.8 Å². The van der Waals surface area contributed by atoms with Gasteiger partial charge in [0, 0.05) is 6.54 Å². The second-order valence-electron chi connectivity index (χ2n) is 5.25. The minimum atomic E-state index is -3.68. The standard InChI is InChI=1S/C13H19NO4S2/c1-4-13(5-6-13)8-14-20(16,17)11-9(2)7-19-10(11)12(15)18-3/h7,14H,4-6,8H2,1-3H3. The van der Waals surface area contributed by atoms with Gasteiger partial charge < -0.3 is 4.74 Å². The molecular weight excluding hydrogens is 298 g/mol. The van der Waals surface area contributed by atoms with Crippen LogP contribution < -0.4 is 4.72 Å². The number of hydrogen-bond acceptors (Lipinski definition) is 5. The number of carbonyl (C=O) groups excluding carboxylic acids is 1. The maximum Gasteiger partial charge on any atom is 0.349 e. The van der Waals surface area contributed by atoms with Gasteiger partial charge in [0.25, 0.3) is 0 Å². The highest BCUT2D eigenvalue weighted by atomic mass is 32.2. The normalized spacial score (nSPS) is 16.9. The maximum atomic E-state index is 12.4. The number of thiophene rings is 1. The van der Waals surface area contributed by atoms with E-state index < -0.39 is 16.0 Å². The van der Waals surface area contributed by atoms with Gasteiger partial charge in [-0.05, 0) is 42.5 Å². The lowest BCUT2D eigenvalue weighted by Gasteiger charge is -2.14. The van der Waals surface area contributed by atoms with Crippen molar-refractivity contribution in [1.82, 2.24) is 4.72 Å². The van der Waals surface area contributed by atoms with Crippen molar-refractivity contribution in [2.24, 2.45) is 5.41 Å². The number of esters is 1. The summed E-state index contributed by atoms with van der Waals surface area (Å²) in [7, 11) is -2.43. The van der Waals surface area contributed by atoms with Crippen LogP contribution in [0.3, 0.4) is 0 Å². The van der Waals surface area contributed by atoms with Crippen molar-refractivity contribution >= 4 is 27.3 Å². The summed E-state index contributed by atoms with van der Waals surface area (Å²) < 4.78 is 32.2. The number of carbonyl (C=O) groups is 1. The Bertz CT molecular complexity index is 614. The molecule has 0 aliphatic heterocycles. The topological polar surface area (TPSA) is 72.5 Å². The highest BCUT2D eigenvalue weighted by Gasteiger charge is 2.41. The summed E-state index contributed by atoms with van der Waals surface area (Å²) in [5.74, 6) is -0.611. The van der Waals surface area contributed by atoms with Crippen molar-refractivity contribution in [3.8, 4) is 0 Å². The van der Waals surface area contributed by atoms with E-state index in [2.05, 4.69) is 16.4 Å². The van der Waals surface area contributed by atoms with Crippen LogP contribution in [-0.4, -0.2) is 28.0 Å². The Morgan fingerprint density at radius 2 is 2.15 bits per heavy atom. The van der Waals surface area contributed by atoms with Crippen LogP contribution in [0, 0.1) is 12.3 Å². The van der Waals surface area contributed by atoms with Crippen molar-refractivity contribution in [3.63, 3.8) is 0 Å². The molecule has 0 bridgehead atoms. The fourth-order valence-electron chi connectivity index (χ4n) is 2.15. The fraction of sp³-hybridized carbons (Fsp3) is 0.615. The molecule has 0 saturated heterocycles. The summed E-state index contributed by atoms with van der Waals surface area (Å²) in [6, 6.07) is 0. The van der Waals surface area contributed by atoms with Crippen molar-refractivity contribution in [2.45, 2.75) is 38.0 Å². The average Bonchev–Trinajstić information content (AvgIpc) is 3.11. The number of hydrogen-bond donors (Lipinski definition) is 1. The lowest BCUT2D eigenvalue weighted by molar-refractivity contribution is 0.0602. The van der Waals surface area contributed by atoms with Crippen LogP contribution in [0.1, 0.15) is 41.4 Å². The van der Waals surface area contributed by atoms with Crippen LogP contribution in [0.15, 0.2) is 10.3 Å². The Morgan fingerprint density at radius 1 is 1.50 bits per heavy atom. The van der Waals surface area contributed by atoms with E-state index in [1.165, 1.54) is 7.11 Å². The van der Waals surface area contributed by atoms with Crippen LogP contribution in [0.5, 0.6) is 0 Å². The zero-order valence-electron chi connectivity index (χ0n) is 11.9. The minimum Gasteiger partial charge on any atom is -0.465 e. The molecule has 0 radical (unpaired) electrons. The molecule has 1 heterocycles. The summed E-state index contributed by atoms with van der Waals surface area (Å²) in [5.41, 5.74) is 0.687. The molecule has 1 aliphatic rings. The molecule has 1 fully saturated rings. The van der Waals surface area contributed by atoms with Gasteiger partial charge in [-0.3, -0.25) is 0 Å². The molecule has 0 amide bonds. The predicted molar refractivity (Wildman–Crippen MR) is 77.5 cm³/mol. The van der Waals surface area contributed by atoms with Gasteiger partial charge in [-0.2, -0.15) is 0 Å². The van der Waals surface area contributed by atoms with Gasteiger partial charge in [0.1, 0.15) is 9.77 Å². The highest BCUT2D eigenvalue weighted by Crippen LogP contribution is 2.48. The first-order valence-electron chi connectivity index (χ1n) is 6.51. The second-order valence-corrected chi connectivity index (χ2v) is 7.83. The van der Waals surface area contributed by atoms with Crippen LogP contribution >= 0.6 is 11.3 Å². The molecule has 0 spiro atoms. The largest absolute Gasteiger partial charge is 0.465 e. The molecule has 0 aromatic carbocycles. The summed E-state index contributed by atoms with van der Waals surface area (Å²) in [5, 5.41) is 1.66. The predicted octanol–water partition coefficient (Wildman–Crippen LogP) is 2.31. The number of ether oxygens (including phenoxy) is 1. The molecule has 0 unspecified atom stereocenters. The van der Waals surface area contributed by atoms with Crippen molar-refractivity contribution < 1.29 is 17.9 Å². The molecule has 2 rings (SSSR count). The molecular formula is C13H19NO4S2. The second kappa shape index (κ2) is 5.46. The lowest BCUT2D eigenvalue weighted by Crippen LogP contribution is -2.31. The number of nitrogens with one attached hydrogen (secondary N) is 1. The first-order valence-corrected chi connectivity index (χ1v) is 8.87. The van der Waals surface area contributed by atoms with E-state index in [4.69, 9.17) is 0 Å². The molecule has 1 aliphatic carbocycles. The van der Waals surface area contributed by atoms with Crippen molar-refractivity contribution in [3.05, 3.63) is 15.8 Å². The molecule has 7 heteroatoms. The van der Waals surface area contributed by atoms with Crippen LogP contribution in [0.2, 0.25) is 0 Å². The monoisotopic (exact) mass is 317 g/mol. The quantitative estimate of drug-likeness (QED) is 0.817. The van der Waals surface area contributed by atoms with E-state index in [0.29, 0.717) is 12.1 Å². The number of rotatable bonds is 6. The van der Waals surface area contributed by atoms with Gasteiger partial charge >= 0.3 is 5.97 Å². The van der Waals surface area contributed by atoms with Gasteiger partial charge in [0.05, 0.1) is 7.11 Å².